The summed E-state index contributed by atoms with van der Waals surface area (Å²) in [6, 6.07) is 7.35. The Hall–Kier alpha value is -1.11. The van der Waals surface area contributed by atoms with Crippen LogP contribution in [-0.2, 0) is 4.79 Å². The number of hydrogen-bond donors (Lipinski definition) is 2. The highest BCUT2D eigenvalue weighted by Gasteiger charge is 2.42. The number of benzene rings is 1. The van der Waals surface area contributed by atoms with Gasteiger partial charge >= 0.3 is 0 Å². The van der Waals surface area contributed by atoms with Gasteiger partial charge in [-0.2, -0.15) is 0 Å². The number of carbonyl (C=O) groups is 1. The quantitative estimate of drug-likeness (QED) is 0.793. The number of amides is 1. The van der Waals surface area contributed by atoms with Crippen LogP contribution in [0.15, 0.2) is 24.3 Å². The van der Waals surface area contributed by atoms with E-state index in [1.807, 2.05) is 32.0 Å². The maximum atomic E-state index is 13.1. The van der Waals surface area contributed by atoms with E-state index < -0.39 is 24.9 Å². The summed E-state index contributed by atoms with van der Waals surface area (Å²) in [6.07, 6.45) is -0.422. The molecule has 0 saturated carbocycles. The van der Waals surface area contributed by atoms with E-state index in [0.717, 1.165) is 12.2 Å². The Morgan fingerprint density at radius 2 is 2.12 bits per heavy atom. The highest BCUT2D eigenvalue weighted by atomic mass is 35.5. The lowest BCUT2D eigenvalue weighted by atomic mass is 10.2. The zero-order chi connectivity index (χ0) is 16.2. The predicted molar refractivity (Wildman–Crippen MR) is 97.9 cm³/mol. The molecule has 0 aliphatic carbocycles. The van der Waals surface area contributed by atoms with Gasteiger partial charge in [0.05, 0.1) is 12.6 Å². The number of anilines is 1. The van der Waals surface area contributed by atoms with Crippen LogP contribution < -0.4 is 15.5 Å². The Labute approximate surface area is 154 Å². The summed E-state index contributed by atoms with van der Waals surface area (Å²) in [7, 11) is 0. The average Bonchev–Trinajstić information content (AvgIpc) is 2.83. The highest BCUT2D eigenvalue weighted by Crippen LogP contribution is 2.25. The summed E-state index contributed by atoms with van der Waals surface area (Å²) in [6.45, 7) is 5.56. The molecule has 1 unspecified atom stereocenters. The van der Waals surface area contributed by atoms with E-state index in [4.69, 9.17) is 0 Å². The highest BCUT2D eigenvalue weighted by molar-refractivity contribution is 5.85. The van der Waals surface area contributed by atoms with Crippen molar-refractivity contribution in [2.45, 2.75) is 32.2 Å². The molecule has 1 saturated heterocycles. The lowest BCUT2D eigenvalue weighted by Crippen LogP contribution is -2.43. The number of likely N-dealkylation sites (N-methyl/N-ethyl adjacent to an activating group) is 1. The van der Waals surface area contributed by atoms with Crippen molar-refractivity contribution in [3.05, 3.63) is 29.8 Å². The molecule has 1 amide bonds. The van der Waals surface area contributed by atoms with Crippen LogP contribution in [-0.4, -0.2) is 44.1 Å². The molecule has 1 heterocycles. The third-order valence-corrected chi connectivity index (χ3v) is 3.86. The molecule has 1 aliphatic heterocycles. The van der Waals surface area contributed by atoms with Crippen molar-refractivity contribution < 1.29 is 13.6 Å². The Bertz CT molecular complexity index is 532. The standard InChI is InChI=1S/C16H23F2N3O.2ClH/c1-3-21(13-6-4-5-12(2)9-13)8-7-19-15(22)14-10-16(17,18)11-20-14;;/h4-6,9,14,20H,3,7-8,10-11H2,1-2H3,(H,19,22);2*1H. The molecule has 24 heavy (non-hydrogen) atoms. The molecule has 1 fully saturated rings. The van der Waals surface area contributed by atoms with E-state index in [1.54, 1.807) is 0 Å². The number of alkyl halides is 2. The van der Waals surface area contributed by atoms with Gasteiger partial charge in [0.2, 0.25) is 5.91 Å². The van der Waals surface area contributed by atoms with Gasteiger partial charge in [-0.25, -0.2) is 8.78 Å². The second-order valence-electron chi connectivity index (χ2n) is 5.70. The third kappa shape index (κ3) is 6.42. The van der Waals surface area contributed by atoms with E-state index in [-0.39, 0.29) is 30.7 Å². The maximum Gasteiger partial charge on any atom is 0.262 e. The molecule has 2 N–H and O–H groups in total. The van der Waals surface area contributed by atoms with Crippen molar-refractivity contribution in [1.29, 1.82) is 0 Å². The number of carbonyl (C=O) groups excluding carboxylic acids is 1. The minimum atomic E-state index is -2.78. The molecule has 1 aliphatic rings. The first kappa shape index (κ1) is 22.9. The van der Waals surface area contributed by atoms with Crippen molar-refractivity contribution in [2.24, 2.45) is 0 Å². The number of rotatable bonds is 6. The first-order chi connectivity index (χ1) is 10.4. The van der Waals surface area contributed by atoms with Gasteiger partial charge in [0.25, 0.3) is 5.92 Å². The minimum Gasteiger partial charge on any atom is -0.370 e. The van der Waals surface area contributed by atoms with E-state index >= 15 is 0 Å². The Balaban J connectivity index is 0.00000264. The van der Waals surface area contributed by atoms with E-state index in [0.29, 0.717) is 13.1 Å². The summed E-state index contributed by atoms with van der Waals surface area (Å²) >= 11 is 0. The van der Waals surface area contributed by atoms with Gasteiger partial charge in [-0.1, -0.05) is 12.1 Å². The van der Waals surface area contributed by atoms with Crippen LogP contribution in [0.4, 0.5) is 14.5 Å². The van der Waals surface area contributed by atoms with Gasteiger partial charge in [0, 0.05) is 31.7 Å². The van der Waals surface area contributed by atoms with Crippen LogP contribution in [0.1, 0.15) is 18.9 Å². The SMILES string of the molecule is CCN(CCNC(=O)C1CC(F)(F)CN1)c1cccc(C)c1.Cl.Cl. The van der Waals surface area contributed by atoms with Crippen molar-refractivity contribution >= 4 is 36.4 Å². The summed E-state index contributed by atoms with van der Waals surface area (Å²) < 4.78 is 26.1. The van der Waals surface area contributed by atoms with Crippen LogP contribution in [0.2, 0.25) is 0 Å². The fraction of sp³-hybridized carbons (Fsp3) is 0.562. The summed E-state index contributed by atoms with van der Waals surface area (Å²) in [5.74, 6) is -3.13. The molecule has 2 rings (SSSR count). The minimum absolute atomic E-state index is 0. The number of aryl methyl sites for hydroxylation is 1. The molecule has 1 aromatic rings. The lowest BCUT2D eigenvalue weighted by Gasteiger charge is -2.24. The van der Waals surface area contributed by atoms with Gasteiger partial charge in [-0.3, -0.25) is 10.1 Å². The number of nitrogens with zero attached hydrogens (tertiary/aromatic N) is 1. The number of nitrogens with one attached hydrogen (secondary N) is 2. The van der Waals surface area contributed by atoms with E-state index in [1.165, 1.54) is 5.56 Å². The second kappa shape index (κ2) is 10.0. The normalized spacial score (nSPS) is 18.2. The topological polar surface area (TPSA) is 44.4 Å². The van der Waals surface area contributed by atoms with Gasteiger partial charge in [-0.05, 0) is 31.5 Å². The zero-order valence-corrected chi connectivity index (χ0v) is 15.5. The molecule has 8 heteroatoms. The smallest absolute Gasteiger partial charge is 0.262 e. The predicted octanol–water partition coefficient (Wildman–Crippen LogP) is 2.78. The van der Waals surface area contributed by atoms with Crippen molar-refractivity contribution in [1.82, 2.24) is 10.6 Å². The number of halogens is 4. The van der Waals surface area contributed by atoms with Gasteiger partial charge in [0.1, 0.15) is 0 Å². The van der Waals surface area contributed by atoms with Gasteiger partial charge in [-0.15, -0.1) is 24.8 Å². The molecule has 0 aromatic heterocycles. The van der Waals surface area contributed by atoms with Gasteiger partial charge in [0.15, 0.2) is 0 Å². The maximum absolute atomic E-state index is 13.1. The molecule has 1 aromatic carbocycles. The summed E-state index contributed by atoms with van der Waals surface area (Å²) in [5, 5.41) is 5.30. The van der Waals surface area contributed by atoms with Crippen LogP contribution in [0.3, 0.4) is 0 Å². The van der Waals surface area contributed by atoms with E-state index in [2.05, 4.69) is 21.6 Å². The molecule has 1 atom stereocenters. The Morgan fingerprint density at radius 1 is 1.42 bits per heavy atom. The Morgan fingerprint density at radius 3 is 2.67 bits per heavy atom. The molecule has 0 radical (unpaired) electrons. The fourth-order valence-corrected chi connectivity index (χ4v) is 2.63. The van der Waals surface area contributed by atoms with Crippen LogP contribution in [0.5, 0.6) is 0 Å². The van der Waals surface area contributed by atoms with Crippen molar-refractivity contribution in [2.75, 3.05) is 31.1 Å². The molecular formula is C16H25Cl2F2N3O. The van der Waals surface area contributed by atoms with Gasteiger partial charge < -0.3 is 10.2 Å². The number of hydrogen-bond acceptors (Lipinski definition) is 3. The first-order valence-corrected chi connectivity index (χ1v) is 7.62. The van der Waals surface area contributed by atoms with Crippen LogP contribution in [0, 0.1) is 6.92 Å². The van der Waals surface area contributed by atoms with Crippen molar-refractivity contribution in [3.63, 3.8) is 0 Å². The summed E-state index contributed by atoms with van der Waals surface area (Å²) in [5.41, 5.74) is 2.28. The third-order valence-electron chi connectivity index (χ3n) is 3.86. The Kier molecular flexibility index (Phi) is 9.55. The molecular weight excluding hydrogens is 359 g/mol. The zero-order valence-electron chi connectivity index (χ0n) is 13.9. The van der Waals surface area contributed by atoms with Crippen LogP contribution >= 0.6 is 24.8 Å². The molecule has 0 bridgehead atoms. The molecule has 4 nitrogen and oxygen atoms in total. The van der Waals surface area contributed by atoms with Crippen LogP contribution in [0.25, 0.3) is 0 Å². The fourth-order valence-electron chi connectivity index (χ4n) is 2.63. The largest absolute Gasteiger partial charge is 0.370 e. The summed E-state index contributed by atoms with van der Waals surface area (Å²) in [4.78, 5) is 14.0. The second-order valence-corrected chi connectivity index (χ2v) is 5.70. The lowest BCUT2D eigenvalue weighted by molar-refractivity contribution is -0.123. The van der Waals surface area contributed by atoms with Crippen molar-refractivity contribution in [3.8, 4) is 0 Å². The average molecular weight is 384 g/mol. The molecule has 0 spiro atoms. The van der Waals surface area contributed by atoms with E-state index in [9.17, 15) is 13.6 Å². The monoisotopic (exact) mass is 383 g/mol. The molecule has 138 valence electrons. The first-order valence-electron chi connectivity index (χ1n) is 7.62.